The summed E-state index contributed by atoms with van der Waals surface area (Å²) in [5, 5.41) is 0.767. The lowest BCUT2D eigenvalue weighted by Gasteiger charge is -2.34. The zero-order chi connectivity index (χ0) is 19.1. The molecule has 0 radical (unpaired) electrons. The van der Waals surface area contributed by atoms with E-state index in [1.54, 1.807) is 24.5 Å². The maximum absolute atomic E-state index is 12.4. The predicted octanol–water partition coefficient (Wildman–Crippen LogP) is 3.08. The summed E-state index contributed by atoms with van der Waals surface area (Å²) >= 11 is 6.03. The van der Waals surface area contributed by atoms with E-state index in [1.165, 1.54) is 5.56 Å². The van der Waals surface area contributed by atoms with Gasteiger partial charge in [-0.25, -0.2) is 0 Å². The number of rotatable bonds is 7. The summed E-state index contributed by atoms with van der Waals surface area (Å²) in [7, 11) is 0. The van der Waals surface area contributed by atoms with Gasteiger partial charge in [0.1, 0.15) is 0 Å². The van der Waals surface area contributed by atoms with Crippen LogP contribution in [0.1, 0.15) is 28.8 Å². The highest BCUT2D eigenvalue weighted by Gasteiger charge is 2.21. The van der Waals surface area contributed by atoms with Crippen LogP contribution in [-0.4, -0.2) is 59.2 Å². The summed E-state index contributed by atoms with van der Waals surface area (Å²) in [5.74, 6) is 0.0262. The predicted molar refractivity (Wildman–Crippen MR) is 106 cm³/mol. The maximum atomic E-state index is 12.4. The number of carbonyl (C=O) groups excluding carboxylic acids is 2. The second kappa shape index (κ2) is 9.62. The number of carbonyl (C=O) groups is 2. The van der Waals surface area contributed by atoms with Gasteiger partial charge in [0.05, 0.1) is 0 Å². The van der Waals surface area contributed by atoms with E-state index in [4.69, 9.17) is 11.6 Å². The third kappa shape index (κ3) is 5.88. The van der Waals surface area contributed by atoms with Crippen LogP contribution in [0.2, 0.25) is 5.02 Å². The largest absolute Gasteiger partial charge is 0.340 e. The quantitative estimate of drug-likeness (QED) is 0.687. The molecular weight excluding hydrogens is 362 g/mol. The van der Waals surface area contributed by atoms with Gasteiger partial charge in [-0.3, -0.25) is 19.5 Å². The van der Waals surface area contributed by atoms with Crippen molar-refractivity contribution in [2.24, 2.45) is 0 Å². The SMILES string of the molecule is O=C(CCC(=O)N1CCN(CCc2cccc(Cl)c2)CC1)c1cccnc1. The van der Waals surface area contributed by atoms with Crippen LogP contribution in [0.5, 0.6) is 0 Å². The molecule has 0 spiro atoms. The third-order valence-electron chi connectivity index (χ3n) is 4.88. The molecule has 0 unspecified atom stereocenters. The molecule has 1 saturated heterocycles. The number of Topliss-reactive ketones (excluding diaryl/α,β-unsaturated/α-hetero) is 1. The van der Waals surface area contributed by atoms with E-state index in [0.717, 1.165) is 44.2 Å². The minimum atomic E-state index is -0.0309. The van der Waals surface area contributed by atoms with Crippen LogP contribution in [0.15, 0.2) is 48.8 Å². The Morgan fingerprint density at radius 3 is 2.56 bits per heavy atom. The van der Waals surface area contributed by atoms with E-state index in [-0.39, 0.29) is 24.5 Å². The Hall–Kier alpha value is -2.24. The minimum absolute atomic E-state index is 0.0309. The molecule has 2 aromatic rings. The molecule has 1 amide bonds. The molecule has 0 bridgehead atoms. The molecule has 2 heterocycles. The van der Waals surface area contributed by atoms with Crippen molar-refractivity contribution in [2.45, 2.75) is 19.3 Å². The van der Waals surface area contributed by atoms with Crippen molar-refractivity contribution in [1.29, 1.82) is 0 Å². The van der Waals surface area contributed by atoms with Crippen LogP contribution in [0, 0.1) is 0 Å². The number of amides is 1. The summed E-state index contributed by atoms with van der Waals surface area (Å²) in [6, 6.07) is 11.4. The molecule has 1 aliphatic heterocycles. The highest BCUT2D eigenvalue weighted by atomic mass is 35.5. The van der Waals surface area contributed by atoms with E-state index in [1.807, 2.05) is 23.1 Å². The van der Waals surface area contributed by atoms with Crippen LogP contribution in [-0.2, 0) is 11.2 Å². The third-order valence-corrected chi connectivity index (χ3v) is 5.12. The number of pyridine rings is 1. The Kier molecular flexibility index (Phi) is 6.96. The Morgan fingerprint density at radius 2 is 1.85 bits per heavy atom. The van der Waals surface area contributed by atoms with Gasteiger partial charge in [0, 0.05) is 68.5 Å². The standard InChI is InChI=1S/C21H24ClN3O2/c22-19-5-1-3-17(15-19)8-10-24-11-13-25(14-12-24)21(27)7-6-20(26)18-4-2-9-23-16-18/h1-5,9,15-16H,6-8,10-14H2. The Morgan fingerprint density at radius 1 is 1.04 bits per heavy atom. The fourth-order valence-electron chi connectivity index (χ4n) is 3.25. The highest BCUT2D eigenvalue weighted by Crippen LogP contribution is 2.13. The maximum Gasteiger partial charge on any atom is 0.223 e. The second-order valence-electron chi connectivity index (χ2n) is 6.77. The fourth-order valence-corrected chi connectivity index (χ4v) is 3.46. The van der Waals surface area contributed by atoms with Gasteiger partial charge >= 0.3 is 0 Å². The molecule has 6 heteroatoms. The Balaban J connectivity index is 1.38. The summed E-state index contributed by atoms with van der Waals surface area (Å²) in [4.78, 5) is 32.7. The molecule has 0 atom stereocenters. The average molecular weight is 386 g/mol. The summed E-state index contributed by atoms with van der Waals surface area (Å²) in [6.07, 6.45) is 4.63. The minimum Gasteiger partial charge on any atom is -0.340 e. The van der Waals surface area contributed by atoms with Gasteiger partial charge in [-0.05, 0) is 36.2 Å². The Labute approximate surface area is 164 Å². The first-order valence-corrected chi connectivity index (χ1v) is 9.67. The first-order chi connectivity index (χ1) is 13.1. The summed E-state index contributed by atoms with van der Waals surface area (Å²) in [6.45, 7) is 4.12. The molecule has 1 aromatic carbocycles. The van der Waals surface area contributed by atoms with Crippen LogP contribution < -0.4 is 0 Å². The van der Waals surface area contributed by atoms with Crippen molar-refractivity contribution >= 4 is 23.3 Å². The molecule has 1 aromatic heterocycles. The number of nitrogens with zero attached hydrogens (tertiary/aromatic N) is 3. The normalized spacial score (nSPS) is 14.9. The van der Waals surface area contributed by atoms with Gasteiger partial charge in [-0.15, -0.1) is 0 Å². The van der Waals surface area contributed by atoms with Crippen LogP contribution in [0.25, 0.3) is 0 Å². The molecule has 1 fully saturated rings. The molecule has 0 aliphatic carbocycles. The second-order valence-corrected chi connectivity index (χ2v) is 7.20. The van der Waals surface area contributed by atoms with Crippen molar-refractivity contribution in [3.63, 3.8) is 0 Å². The monoisotopic (exact) mass is 385 g/mol. The average Bonchev–Trinajstić information content (AvgIpc) is 2.71. The molecule has 0 saturated carbocycles. The molecule has 3 rings (SSSR count). The zero-order valence-corrected chi connectivity index (χ0v) is 16.1. The van der Waals surface area contributed by atoms with Gasteiger partial charge in [-0.1, -0.05) is 23.7 Å². The van der Waals surface area contributed by atoms with E-state index in [2.05, 4.69) is 16.0 Å². The zero-order valence-electron chi connectivity index (χ0n) is 15.3. The van der Waals surface area contributed by atoms with Crippen molar-refractivity contribution in [1.82, 2.24) is 14.8 Å². The molecular formula is C21H24ClN3O2. The number of aromatic nitrogens is 1. The Bertz CT molecular complexity index is 774. The topological polar surface area (TPSA) is 53.5 Å². The lowest BCUT2D eigenvalue weighted by Crippen LogP contribution is -2.49. The molecule has 0 N–H and O–H groups in total. The number of benzene rings is 1. The van der Waals surface area contributed by atoms with E-state index >= 15 is 0 Å². The molecule has 5 nitrogen and oxygen atoms in total. The highest BCUT2D eigenvalue weighted by molar-refractivity contribution is 6.30. The van der Waals surface area contributed by atoms with Crippen molar-refractivity contribution in [2.75, 3.05) is 32.7 Å². The lowest BCUT2D eigenvalue weighted by atomic mass is 10.1. The van der Waals surface area contributed by atoms with E-state index in [9.17, 15) is 9.59 Å². The summed E-state index contributed by atoms with van der Waals surface area (Å²) in [5.41, 5.74) is 1.80. The van der Waals surface area contributed by atoms with Gasteiger partial charge in [0.2, 0.25) is 5.91 Å². The number of ketones is 1. The molecule has 27 heavy (non-hydrogen) atoms. The van der Waals surface area contributed by atoms with E-state index < -0.39 is 0 Å². The lowest BCUT2D eigenvalue weighted by molar-refractivity contribution is -0.132. The van der Waals surface area contributed by atoms with E-state index in [0.29, 0.717) is 5.56 Å². The smallest absolute Gasteiger partial charge is 0.223 e. The summed E-state index contributed by atoms with van der Waals surface area (Å²) < 4.78 is 0. The van der Waals surface area contributed by atoms with Gasteiger partial charge in [0.25, 0.3) is 0 Å². The number of hydrogen-bond acceptors (Lipinski definition) is 4. The number of piperazine rings is 1. The van der Waals surface area contributed by atoms with Gasteiger partial charge < -0.3 is 4.90 Å². The first-order valence-electron chi connectivity index (χ1n) is 9.29. The first kappa shape index (κ1) is 19.5. The van der Waals surface area contributed by atoms with Crippen LogP contribution in [0.3, 0.4) is 0 Å². The van der Waals surface area contributed by atoms with Crippen molar-refractivity contribution in [3.05, 3.63) is 64.9 Å². The van der Waals surface area contributed by atoms with Gasteiger partial charge in [-0.2, -0.15) is 0 Å². The van der Waals surface area contributed by atoms with Crippen molar-refractivity contribution < 1.29 is 9.59 Å². The van der Waals surface area contributed by atoms with Crippen LogP contribution >= 0.6 is 11.6 Å². The fraction of sp³-hybridized carbons (Fsp3) is 0.381. The molecule has 1 aliphatic rings. The van der Waals surface area contributed by atoms with Crippen LogP contribution in [0.4, 0.5) is 0 Å². The number of halogens is 1. The molecule has 142 valence electrons. The number of hydrogen-bond donors (Lipinski definition) is 0. The van der Waals surface area contributed by atoms with Crippen molar-refractivity contribution in [3.8, 4) is 0 Å². The van der Waals surface area contributed by atoms with Gasteiger partial charge in [0.15, 0.2) is 5.78 Å².